The first kappa shape index (κ1) is 33.9. The van der Waals surface area contributed by atoms with E-state index in [-0.39, 0.29) is 6.92 Å². The molecule has 0 aromatic rings. The normalized spacial score (nSPS) is 31.1. The third-order valence-electron chi connectivity index (χ3n) is 6.03. The molecule has 0 aliphatic carbocycles. The lowest BCUT2D eigenvalue weighted by atomic mass is 9.82. The molecule has 0 spiro atoms. The van der Waals surface area contributed by atoms with Gasteiger partial charge in [-0.2, -0.15) is 52.7 Å². The van der Waals surface area contributed by atoms with Crippen LogP contribution in [0.4, 0.5) is 74.6 Å². The van der Waals surface area contributed by atoms with Crippen molar-refractivity contribution in [1.29, 1.82) is 0 Å². The fraction of sp³-hybridized carbons (Fsp3) is 1.00. The van der Waals surface area contributed by atoms with E-state index in [0.29, 0.717) is 0 Å². The lowest BCUT2D eigenvalue weighted by Gasteiger charge is -2.46. The van der Waals surface area contributed by atoms with Crippen molar-refractivity contribution in [3.8, 4) is 0 Å². The van der Waals surface area contributed by atoms with Crippen molar-refractivity contribution in [2.75, 3.05) is 32.9 Å². The predicted molar refractivity (Wildman–Crippen MR) is 91.7 cm³/mol. The van der Waals surface area contributed by atoms with Gasteiger partial charge >= 0.3 is 24.7 Å². The van der Waals surface area contributed by atoms with Crippen molar-refractivity contribution in [3.05, 3.63) is 0 Å². The van der Waals surface area contributed by atoms with Crippen molar-refractivity contribution in [3.63, 3.8) is 0 Å². The van der Waals surface area contributed by atoms with Crippen molar-refractivity contribution in [2.24, 2.45) is 5.41 Å². The summed E-state index contributed by atoms with van der Waals surface area (Å²) < 4.78 is 242. The quantitative estimate of drug-likeness (QED) is 0.370. The van der Waals surface area contributed by atoms with E-state index in [9.17, 15) is 65.9 Å². The van der Waals surface area contributed by atoms with E-state index < -0.39 is 110 Å². The summed E-state index contributed by atoms with van der Waals surface area (Å²) in [5, 5.41) is 0. The molecule has 0 radical (unpaired) electrons. The fourth-order valence-corrected chi connectivity index (χ4v) is 3.89. The number of ether oxygens (including phenoxy) is 3. The highest BCUT2D eigenvalue weighted by Crippen LogP contribution is 2.49. The van der Waals surface area contributed by atoms with Crippen molar-refractivity contribution < 1.29 is 88.8 Å². The molecule has 232 valence electrons. The third kappa shape index (κ3) is 7.11. The number of rotatable bonds is 5. The molecule has 2 aliphatic rings. The molecule has 21 heteroatoms. The molecule has 4 nitrogen and oxygen atoms in total. The molecule has 0 N–H and O–H groups in total. The van der Waals surface area contributed by atoms with Crippen LogP contribution in [0.1, 0.15) is 6.92 Å². The van der Waals surface area contributed by atoms with Crippen LogP contribution < -0.4 is 0 Å². The summed E-state index contributed by atoms with van der Waals surface area (Å²) in [6.45, 7) is -9.59. The zero-order valence-corrected chi connectivity index (χ0v) is 19.0. The van der Waals surface area contributed by atoms with Gasteiger partial charge in [-0.3, -0.25) is 4.90 Å². The molecule has 6 unspecified atom stereocenters. The van der Waals surface area contributed by atoms with E-state index in [0.717, 1.165) is 0 Å². The maximum atomic E-state index is 15.2. The Kier molecular flexibility index (Phi) is 9.10. The highest BCUT2D eigenvalue weighted by molar-refractivity contribution is 5.03. The predicted octanol–water partition coefficient (Wildman–Crippen LogP) is 5.70. The van der Waals surface area contributed by atoms with Crippen LogP contribution >= 0.6 is 0 Å². The van der Waals surface area contributed by atoms with Crippen molar-refractivity contribution in [1.82, 2.24) is 4.90 Å². The average molecular weight is 619 g/mol. The molecule has 0 bridgehead atoms. The molecule has 2 saturated heterocycles. The summed E-state index contributed by atoms with van der Waals surface area (Å²) in [5.41, 5.74) is -3.40. The minimum Gasteiger partial charge on any atom is -0.378 e. The highest BCUT2D eigenvalue weighted by Gasteiger charge is 2.69. The topological polar surface area (TPSA) is 30.9 Å². The number of hydrogen-bond donors (Lipinski definition) is 0. The molecule has 6 atom stereocenters. The van der Waals surface area contributed by atoms with Crippen LogP contribution in [0.3, 0.4) is 0 Å². The smallest absolute Gasteiger partial charge is 0.378 e. The average Bonchev–Trinajstić information content (AvgIpc) is 2.93. The standard InChI is InChI=1S/C18H18F17NO3/c1-12(14(22,23)10(19)17(30,31)32)5-37-4-9(38-6-12)13(20,21)11(18(33,34)35)36-2-7(15(24,25)26)39-8(3-36)16(27,28)29/h7-11H,2-6H2,1H3. The lowest BCUT2D eigenvalue weighted by Crippen LogP contribution is -2.68. The molecule has 0 amide bonds. The number of morpholine rings is 1. The van der Waals surface area contributed by atoms with E-state index in [4.69, 9.17) is 0 Å². The first-order chi connectivity index (χ1) is 17.2. The maximum Gasteiger partial charge on any atom is 0.425 e. The van der Waals surface area contributed by atoms with Crippen LogP contribution in [0.5, 0.6) is 0 Å². The Morgan fingerprint density at radius 2 is 1.15 bits per heavy atom. The summed E-state index contributed by atoms with van der Waals surface area (Å²) in [4.78, 5) is -0.914. The van der Waals surface area contributed by atoms with Gasteiger partial charge in [0.25, 0.3) is 18.0 Å². The van der Waals surface area contributed by atoms with Gasteiger partial charge in [-0.15, -0.1) is 0 Å². The van der Waals surface area contributed by atoms with E-state index in [1.165, 1.54) is 0 Å². The van der Waals surface area contributed by atoms with E-state index >= 15 is 8.78 Å². The van der Waals surface area contributed by atoms with Gasteiger partial charge in [-0.05, 0) is 6.92 Å². The Labute approximate surface area is 207 Å². The number of hydrogen-bond acceptors (Lipinski definition) is 4. The molecule has 2 aliphatic heterocycles. The number of alkyl halides is 17. The van der Waals surface area contributed by atoms with Crippen molar-refractivity contribution in [2.45, 2.75) is 74.0 Å². The van der Waals surface area contributed by atoms with Gasteiger partial charge in [0.05, 0.1) is 25.2 Å². The highest BCUT2D eigenvalue weighted by atomic mass is 19.4. The Balaban J connectivity index is 2.43. The Bertz CT molecular complexity index is 817. The molecule has 0 aromatic heterocycles. The summed E-state index contributed by atoms with van der Waals surface area (Å²) >= 11 is 0. The lowest BCUT2D eigenvalue weighted by molar-refractivity contribution is -0.335. The second kappa shape index (κ2) is 10.5. The minimum atomic E-state index is -6.28. The largest absolute Gasteiger partial charge is 0.425 e. The first-order valence-electron chi connectivity index (χ1n) is 10.4. The van der Waals surface area contributed by atoms with Gasteiger partial charge in [0.2, 0.25) is 0 Å². The van der Waals surface area contributed by atoms with E-state index in [1.54, 1.807) is 0 Å². The van der Waals surface area contributed by atoms with Gasteiger partial charge in [0.1, 0.15) is 6.10 Å². The minimum absolute atomic E-state index is 0.177. The maximum absolute atomic E-state index is 15.2. The Morgan fingerprint density at radius 1 is 0.692 bits per heavy atom. The molecular weight excluding hydrogens is 601 g/mol. The van der Waals surface area contributed by atoms with Crippen LogP contribution in [0.2, 0.25) is 0 Å². The Morgan fingerprint density at radius 3 is 1.54 bits per heavy atom. The molecule has 39 heavy (non-hydrogen) atoms. The molecule has 0 aromatic carbocycles. The molecule has 2 heterocycles. The SMILES string of the molecule is CC1(C(F)(F)C(F)C(F)(F)F)COCC(C(F)(F)C(N2CC(C(F)(F)F)OC(C(F)(F)F)C2)C(F)(F)F)OC1. The van der Waals surface area contributed by atoms with Crippen molar-refractivity contribution >= 4 is 0 Å². The second-order valence-corrected chi connectivity index (χ2v) is 9.17. The molecule has 2 rings (SSSR count). The van der Waals surface area contributed by atoms with Gasteiger partial charge < -0.3 is 14.2 Å². The van der Waals surface area contributed by atoms with Gasteiger partial charge in [-0.1, -0.05) is 0 Å². The van der Waals surface area contributed by atoms with Crippen LogP contribution in [0.15, 0.2) is 0 Å². The number of nitrogens with zero attached hydrogens (tertiary/aromatic N) is 1. The molecular formula is C18H18F17NO3. The van der Waals surface area contributed by atoms with Crippen LogP contribution in [-0.2, 0) is 14.2 Å². The molecule has 2 fully saturated rings. The summed E-state index contributed by atoms with van der Waals surface area (Å²) in [7, 11) is 0. The summed E-state index contributed by atoms with van der Waals surface area (Å²) in [5.74, 6) is -11.0. The third-order valence-corrected chi connectivity index (χ3v) is 6.03. The van der Waals surface area contributed by atoms with Gasteiger partial charge in [0, 0.05) is 13.1 Å². The summed E-state index contributed by atoms with van der Waals surface area (Å²) in [6.07, 6.45) is -39.4. The second-order valence-electron chi connectivity index (χ2n) is 9.17. The van der Waals surface area contributed by atoms with Crippen LogP contribution in [-0.4, -0.2) is 105 Å². The van der Waals surface area contributed by atoms with Gasteiger partial charge in [0.15, 0.2) is 18.2 Å². The zero-order valence-electron chi connectivity index (χ0n) is 19.0. The Hall–Kier alpha value is -1.35. The van der Waals surface area contributed by atoms with Crippen LogP contribution in [0, 0.1) is 5.41 Å². The van der Waals surface area contributed by atoms with E-state index in [2.05, 4.69) is 14.2 Å². The first-order valence-corrected chi connectivity index (χ1v) is 10.4. The molecule has 0 saturated carbocycles. The summed E-state index contributed by atoms with van der Waals surface area (Å²) in [6, 6.07) is -4.47. The van der Waals surface area contributed by atoms with Crippen LogP contribution in [0.25, 0.3) is 0 Å². The number of halogens is 17. The fourth-order valence-electron chi connectivity index (χ4n) is 3.89. The van der Waals surface area contributed by atoms with Gasteiger partial charge in [-0.25, -0.2) is 22.0 Å². The monoisotopic (exact) mass is 619 g/mol. The zero-order chi connectivity index (χ0) is 30.6. The van der Waals surface area contributed by atoms with E-state index in [1.807, 2.05) is 0 Å².